The van der Waals surface area contributed by atoms with Crippen molar-refractivity contribution in [2.24, 2.45) is 4.99 Å². The quantitative estimate of drug-likeness (QED) is 0.442. The molecule has 1 amide bonds. The van der Waals surface area contributed by atoms with Crippen molar-refractivity contribution >= 4 is 40.8 Å². The van der Waals surface area contributed by atoms with Crippen LogP contribution in [0.15, 0.2) is 58.3 Å². The number of nitrogens with zero attached hydrogens (tertiary/aromatic N) is 3. The van der Waals surface area contributed by atoms with Crippen LogP contribution < -0.4 is 11.0 Å². The fourth-order valence-corrected chi connectivity index (χ4v) is 3.05. The highest BCUT2D eigenvalue weighted by atomic mass is 16.6. The molecule has 3 aromatic rings. The van der Waals surface area contributed by atoms with Crippen LogP contribution in [0, 0.1) is 10.1 Å². The van der Waals surface area contributed by atoms with E-state index in [2.05, 4.69) is 15.3 Å². The Balaban J connectivity index is 1.52. The van der Waals surface area contributed by atoms with Crippen LogP contribution in [0.1, 0.15) is 11.3 Å². The Morgan fingerprint density at radius 2 is 1.97 bits per heavy atom. The summed E-state index contributed by atoms with van der Waals surface area (Å²) in [6, 6.07) is 12.7. The molecule has 4 rings (SSSR count). The fraction of sp³-hybridized carbons (Fsp3) is 0.0500. The van der Waals surface area contributed by atoms with E-state index in [1.807, 2.05) is 24.3 Å². The highest BCUT2D eigenvalue weighted by Gasteiger charge is 2.17. The second-order valence-electron chi connectivity index (χ2n) is 6.48. The molecular weight excluding hydrogens is 390 g/mol. The Morgan fingerprint density at radius 3 is 2.70 bits per heavy atom. The van der Waals surface area contributed by atoms with Gasteiger partial charge in [-0.15, -0.1) is 0 Å². The van der Waals surface area contributed by atoms with Crippen LogP contribution in [0.5, 0.6) is 5.88 Å². The number of aromatic nitrogens is 2. The van der Waals surface area contributed by atoms with Crippen LogP contribution >= 0.6 is 0 Å². The largest absolute Gasteiger partial charge is 0.493 e. The number of non-ortho nitro benzene ring substituents is 1. The number of benzene rings is 2. The molecule has 1 aliphatic rings. The van der Waals surface area contributed by atoms with Crippen molar-refractivity contribution in [3.63, 3.8) is 0 Å². The molecule has 10 nitrogen and oxygen atoms in total. The summed E-state index contributed by atoms with van der Waals surface area (Å²) >= 11 is 0. The van der Waals surface area contributed by atoms with Crippen LogP contribution in [0.2, 0.25) is 0 Å². The number of aliphatic imine (C=N–C) groups is 1. The summed E-state index contributed by atoms with van der Waals surface area (Å²) in [7, 11) is 0. The van der Waals surface area contributed by atoms with Gasteiger partial charge in [0.25, 0.3) is 5.69 Å². The number of allylic oxidation sites excluding steroid dienone is 1. The number of imidazole rings is 1. The van der Waals surface area contributed by atoms with Crippen molar-refractivity contribution < 1.29 is 14.8 Å². The number of carbonyl (C=O) groups is 1. The van der Waals surface area contributed by atoms with Gasteiger partial charge in [-0.05, 0) is 24.3 Å². The standard InChI is InChI=1S/C20H15N5O5/c26-18(22-13-5-7-14(8-6-13)25(29)30)11-24-19(27)17(23-20(24)28)9-12-10-21-16-4-2-1-3-15(12)16/h1-10,27H,11H2,(H,22,26)(H,23,28)/b12-9+. The van der Waals surface area contributed by atoms with Gasteiger partial charge in [-0.1, -0.05) is 18.2 Å². The number of aromatic hydroxyl groups is 1. The number of nitrogens with one attached hydrogen (secondary N) is 2. The van der Waals surface area contributed by atoms with Crippen LogP contribution in [-0.2, 0) is 11.3 Å². The van der Waals surface area contributed by atoms with E-state index in [0.29, 0.717) is 11.3 Å². The van der Waals surface area contributed by atoms with Crippen LogP contribution in [0.3, 0.4) is 0 Å². The molecule has 0 aliphatic carbocycles. The van der Waals surface area contributed by atoms with Gasteiger partial charge >= 0.3 is 5.69 Å². The molecule has 0 saturated carbocycles. The third-order valence-electron chi connectivity index (χ3n) is 4.50. The number of nitro benzene ring substituents is 1. The lowest BCUT2D eigenvalue weighted by molar-refractivity contribution is -0.384. The molecular formula is C20H15N5O5. The molecule has 0 atom stereocenters. The number of fused-ring (bicyclic) bond motifs is 1. The first-order chi connectivity index (χ1) is 14.4. The van der Waals surface area contributed by atoms with E-state index in [1.165, 1.54) is 24.3 Å². The molecule has 0 spiro atoms. The summed E-state index contributed by atoms with van der Waals surface area (Å²) in [5.74, 6) is -0.962. The zero-order valence-corrected chi connectivity index (χ0v) is 15.4. The predicted octanol–water partition coefficient (Wildman–Crippen LogP) is 2.69. The first-order valence-corrected chi connectivity index (χ1v) is 8.83. The van der Waals surface area contributed by atoms with E-state index in [9.17, 15) is 24.8 Å². The molecule has 2 heterocycles. The number of H-pyrrole nitrogens is 1. The Bertz CT molecular complexity index is 1270. The van der Waals surface area contributed by atoms with Gasteiger partial charge in [0.05, 0.1) is 10.6 Å². The third-order valence-corrected chi connectivity index (χ3v) is 4.50. The summed E-state index contributed by atoms with van der Waals surface area (Å²) in [6.07, 6.45) is 3.21. The van der Waals surface area contributed by atoms with Crippen molar-refractivity contribution in [2.75, 3.05) is 5.32 Å². The predicted molar refractivity (Wildman–Crippen MR) is 111 cm³/mol. The lowest BCUT2D eigenvalue weighted by Gasteiger charge is -2.06. The third kappa shape index (κ3) is 3.61. The van der Waals surface area contributed by atoms with Gasteiger partial charge < -0.3 is 15.4 Å². The first kappa shape index (κ1) is 18.9. The van der Waals surface area contributed by atoms with Crippen LogP contribution in [-0.4, -0.2) is 31.7 Å². The van der Waals surface area contributed by atoms with E-state index in [4.69, 9.17) is 0 Å². The number of hydrogen-bond donors (Lipinski definition) is 3. The SMILES string of the molecule is O=C(Cn1c(O)c(/C=C2\C=Nc3ccccc32)[nH]c1=O)Nc1ccc([N+](=O)[O-])cc1. The molecule has 0 unspecified atom stereocenters. The Morgan fingerprint density at radius 1 is 1.23 bits per heavy atom. The fourth-order valence-electron chi connectivity index (χ4n) is 3.05. The maximum absolute atomic E-state index is 12.3. The molecule has 1 aliphatic heterocycles. The Labute approximate surface area is 169 Å². The highest BCUT2D eigenvalue weighted by molar-refractivity contribution is 6.21. The molecule has 10 heteroatoms. The van der Waals surface area contributed by atoms with Gasteiger partial charge in [-0.25, -0.2) is 4.79 Å². The summed E-state index contributed by atoms with van der Waals surface area (Å²) in [5, 5.41) is 23.6. The molecule has 3 N–H and O–H groups in total. The number of rotatable bonds is 5. The molecule has 0 fully saturated rings. The van der Waals surface area contributed by atoms with E-state index in [-0.39, 0.29) is 17.3 Å². The first-order valence-electron chi connectivity index (χ1n) is 8.83. The molecule has 0 saturated heterocycles. The van der Waals surface area contributed by atoms with Gasteiger partial charge in [-0.2, -0.15) is 0 Å². The number of nitro groups is 1. The van der Waals surface area contributed by atoms with Gasteiger partial charge in [0.15, 0.2) is 0 Å². The summed E-state index contributed by atoms with van der Waals surface area (Å²) < 4.78 is 0.894. The number of hydrogen-bond acceptors (Lipinski definition) is 6. The second kappa shape index (κ2) is 7.51. The minimum Gasteiger partial charge on any atom is -0.493 e. The van der Waals surface area contributed by atoms with E-state index >= 15 is 0 Å². The molecule has 150 valence electrons. The summed E-state index contributed by atoms with van der Waals surface area (Å²) in [4.78, 5) is 41.4. The van der Waals surface area contributed by atoms with E-state index < -0.39 is 23.1 Å². The topological polar surface area (TPSA) is 143 Å². The Hall–Kier alpha value is -4.47. The molecule has 0 radical (unpaired) electrons. The number of amides is 1. The minimum atomic E-state index is -0.651. The van der Waals surface area contributed by atoms with Crippen molar-refractivity contribution in [1.29, 1.82) is 0 Å². The van der Waals surface area contributed by atoms with Crippen molar-refractivity contribution in [2.45, 2.75) is 6.54 Å². The maximum Gasteiger partial charge on any atom is 0.329 e. The smallest absolute Gasteiger partial charge is 0.329 e. The number of anilines is 1. The maximum atomic E-state index is 12.3. The van der Waals surface area contributed by atoms with Crippen molar-refractivity contribution in [1.82, 2.24) is 9.55 Å². The van der Waals surface area contributed by atoms with Crippen LogP contribution in [0.4, 0.5) is 17.1 Å². The van der Waals surface area contributed by atoms with Crippen molar-refractivity contribution in [3.8, 4) is 5.88 Å². The van der Waals surface area contributed by atoms with Crippen molar-refractivity contribution in [3.05, 3.63) is 80.4 Å². The van der Waals surface area contributed by atoms with Gasteiger partial charge in [0.1, 0.15) is 12.2 Å². The van der Waals surface area contributed by atoms with Gasteiger partial charge in [0, 0.05) is 35.2 Å². The molecule has 2 aromatic carbocycles. The average molecular weight is 405 g/mol. The lowest BCUT2D eigenvalue weighted by atomic mass is 10.1. The zero-order valence-electron chi connectivity index (χ0n) is 15.4. The molecule has 30 heavy (non-hydrogen) atoms. The highest BCUT2D eigenvalue weighted by Crippen LogP contribution is 2.32. The molecule has 1 aromatic heterocycles. The van der Waals surface area contributed by atoms with Gasteiger partial charge in [-0.3, -0.25) is 24.5 Å². The number of aromatic amines is 1. The summed E-state index contributed by atoms with van der Waals surface area (Å²) in [6.45, 7) is -0.438. The number of carbonyl (C=O) groups excluding carboxylic acids is 1. The van der Waals surface area contributed by atoms with Crippen LogP contribution in [0.25, 0.3) is 11.6 Å². The van der Waals surface area contributed by atoms with E-state index in [1.54, 1.807) is 12.3 Å². The van der Waals surface area contributed by atoms with Gasteiger partial charge in [0.2, 0.25) is 11.8 Å². The summed E-state index contributed by atoms with van der Waals surface area (Å²) in [5.41, 5.74) is 2.08. The minimum absolute atomic E-state index is 0.109. The Kier molecular flexibility index (Phi) is 4.72. The zero-order chi connectivity index (χ0) is 21.3. The monoisotopic (exact) mass is 405 g/mol. The lowest BCUT2D eigenvalue weighted by Crippen LogP contribution is -2.25. The molecule has 0 bridgehead atoms. The average Bonchev–Trinajstić information content (AvgIpc) is 3.25. The second-order valence-corrected chi connectivity index (χ2v) is 6.48. The number of para-hydroxylation sites is 1. The normalized spacial score (nSPS) is 13.4. The van der Waals surface area contributed by atoms with E-state index in [0.717, 1.165) is 15.8 Å².